The van der Waals surface area contributed by atoms with E-state index in [2.05, 4.69) is 153 Å². The number of rotatable bonds is 6. The van der Waals surface area contributed by atoms with Crippen molar-refractivity contribution >= 4 is 17.0 Å². The second kappa shape index (κ2) is 11.1. The van der Waals surface area contributed by atoms with E-state index in [1.54, 1.807) is 0 Å². The van der Waals surface area contributed by atoms with Gasteiger partial charge in [-0.25, -0.2) is 4.58 Å². The Morgan fingerprint density at radius 3 is 1.95 bits per heavy atom. The molecule has 1 spiro atoms. The molecule has 4 aromatic carbocycles. The number of nitrogens with zero attached hydrogens (tertiary/aromatic N) is 2. The van der Waals surface area contributed by atoms with Gasteiger partial charge in [-0.2, -0.15) is 0 Å². The van der Waals surface area contributed by atoms with Crippen LogP contribution in [0.5, 0.6) is 11.5 Å². The third kappa shape index (κ3) is 4.06. The lowest BCUT2D eigenvalue weighted by atomic mass is 9.55. The van der Waals surface area contributed by atoms with E-state index < -0.39 is 5.41 Å². The van der Waals surface area contributed by atoms with E-state index in [1.807, 2.05) is 0 Å². The van der Waals surface area contributed by atoms with E-state index in [-0.39, 0.29) is 0 Å². The lowest BCUT2D eigenvalue weighted by Gasteiger charge is -2.48. The van der Waals surface area contributed by atoms with Gasteiger partial charge in [-0.3, -0.25) is 0 Å². The van der Waals surface area contributed by atoms with E-state index in [0.717, 1.165) is 37.7 Å². The Labute approximate surface area is 262 Å². The van der Waals surface area contributed by atoms with Gasteiger partial charge in [0.2, 0.25) is 0 Å². The average Bonchev–Trinajstić information content (AvgIpc) is 3.06. The molecule has 3 nitrogen and oxygen atoms in total. The summed E-state index contributed by atoms with van der Waals surface area (Å²) in [4.78, 5) is 2.46. The summed E-state index contributed by atoms with van der Waals surface area (Å²) in [5, 5.41) is 0. The maximum Gasteiger partial charge on any atom is 0.200 e. The van der Waals surface area contributed by atoms with Gasteiger partial charge in [-0.05, 0) is 104 Å². The molecule has 0 unspecified atom stereocenters. The van der Waals surface area contributed by atoms with Crippen molar-refractivity contribution < 1.29 is 9.31 Å². The normalized spacial score (nSPS) is 15.6. The summed E-state index contributed by atoms with van der Waals surface area (Å²) >= 11 is 0. The largest absolute Gasteiger partial charge is 0.457 e. The first-order valence-corrected chi connectivity index (χ1v) is 16.2. The minimum atomic E-state index is -0.561. The number of fused-ring (bicyclic) bond motifs is 8. The van der Waals surface area contributed by atoms with Gasteiger partial charge in [0, 0.05) is 42.1 Å². The number of ether oxygens (including phenoxy) is 1. The Kier molecular flexibility index (Phi) is 7.13. The van der Waals surface area contributed by atoms with E-state index in [1.165, 1.54) is 61.5 Å². The van der Waals surface area contributed by atoms with Gasteiger partial charge >= 0.3 is 0 Å². The fourth-order valence-electron chi connectivity index (χ4n) is 7.70. The third-order valence-corrected chi connectivity index (χ3v) is 9.83. The van der Waals surface area contributed by atoms with Crippen LogP contribution in [0, 0.1) is 6.92 Å². The number of anilines is 1. The number of benzene rings is 4. The molecule has 0 fully saturated rings. The van der Waals surface area contributed by atoms with Crippen LogP contribution in [0.2, 0.25) is 0 Å². The van der Waals surface area contributed by atoms with Gasteiger partial charge in [-0.15, -0.1) is 0 Å². The molecular formula is C41H41N2O+. The van der Waals surface area contributed by atoms with Crippen molar-refractivity contribution in [1.29, 1.82) is 0 Å². The maximum atomic E-state index is 6.68. The number of allylic oxidation sites excluding steroid dienone is 5. The van der Waals surface area contributed by atoms with Gasteiger partial charge in [0.15, 0.2) is 5.71 Å². The molecule has 2 aliphatic carbocycles. The molecule has 0 amide bonds. The van der Waals surface area contributed by atoms with Gasteiger partial charge in [0.25, 0.3) is 0 Å². The summed E-state index contributed by atoms with van der Waals surface area (Å²) in [5.41, 5.74) is 13.4. The highest BCUT2D eigenvalue weighted by Crippen LogP contribution is 2.62. The number of hydrogen-bond acceptors (Lipinski definition) is 2. The number of para-hydroxylation sites is 2. The van der Waals surface area contributed by atoms with Crippen LogP contribution in [0.15, 0.2) is 120 Å². The van der Waals surface area contributed by atoms with Gasteiger partial charge in [-0.1, -0.05) is 66.7 Å². The first kappa shape index (κ1) is 28.2. The molecule has 3 aliphatic rings. The fourth-order valence-corrected chi connectivity index (χ4v) is 7.70. The van der Waals surface area contributed by atoms with Crippen molar-refractivity contribution in [2.45, 2.75) is 40.0 Å². The van der Waals surface area contributed by atoms with Crippen molar-refractivity contribution in [3.63, 3.8) is 0 Å². The summed E-state index contributed by atoms with van der Waals surface area (Å²) < 4.78 is 9.14. The summed E-state index contributed by atoms with van der Waals surface area (Å²) in [6.07, 6.45) is 7.19. The van der Waals surface area contributed by atoms with Crippen LogP contribution in [-0.4, -0.2) is 36.5 Å². The third-order valence-electron chi connectivity index (χ3n) is 9.83. The summed E-state index contributed by atoms with van der Waals surface area (Å²) in [7, 11) is 0. The molecule has 0 bridgehead atoms. The van der Waals surface area contributed by atoms with Crippen LogP contribution in [0.3, 0.4) is 0 Å². The van der Waals surface area contributed by atoms with E-state index in [0.29, 0.717) is 0 Å². The zero-order chi connectivity index (χ0) is 30.4. The van der Waals surface area contributed by atoms with Crippen LogP contribution >= 0.6 is 0 Å². The zero-order valence-electron chi connectivity index (χ0n) is 26.5. The quantitative estimate of drug-likeness (QED) is 0.212. The fraction of sp³-hybridized carbons (Fsp3) is 0.244. The lowest BCUT2D eigenvalue weighted by Crippen LogP contribution is -2.40. The molecule has 1 aliphatic heterocycles. The van der Waals surface area contributed by atoms with Crippen molar-refractivity contribution in [1.82, 2.24) is 0 Å². The molecule has 44 heavy (non-hydrogen) atoms. The first-order valence-electron chi connectivity index (χ1n) is 16.2. The minimum Gasteiger partial charge on any atom is -0.457 e. The predicted molar refractivity (Wildman–Crippen MR) is 184 cm³/mol. The van der Waals surface area contributed by atoms with Gasteiger partial charge in [0.1, 0.15) is 24.6 Å². The summed E-state index contributed by atoms with van der Waals surface area (Å²) in [6.45, 7) is 15.0. The molecule has 0 saturated carbocycles. The standard InChI is InChI=1S/C41H41N2O/c1-6-42(7-2)29-22-24-32-36(26-29)41(34-18-12-14-20-38(34)44-39-21-15-13-19-35(39)41)37-27-30(43(8-3)9-4)23-25-33(37)40(32)31-17-11-10-16-28(31)5/h10-27H,6-9H2,1-5H3/q+1. The van der Waals surface area contributed by atoms with Crippen molar-refractivity contribution in [2.75, 3.05) is 31.1 Å². The molecule has 0 radical (unpaired) electrons. The van der Waals surface area contributed by atoms with Crippen LogP contribution in [-0.2, 0) is 5.41 Å². The predicted octanol–water partition coefficient (Wildman–Crippen LogP) is 9.09. The van der Waals surface area contributed by atoms with Gasteiger partial charge < -0.3 is 9.64 Å². The molecule has 0 atom stereocenters. The summed E-state index contributed by atoms with van der Waals surface area (Å²) in [5.74, 6) is 1.84. The topological polar surface area (TPSA) is 15.5 Å². The van der Waals surface area contributed by atoms with Crippen LogP contribution < -0.4 is 9.64 Å². The maximum absolute atomic E-state index is 6.68. The number of aryl methyl sites for hydroxylation is 1. The minimum absolute atomic E-state index is 0.561. The van der Waals surface area contributed by atoms with E-state index in [9.17, 15) is 0 Å². The second-order valence-corrected chi connectivity index (χ2v) is 11.8. The molecular weight excluding hydrogens is 536 g/mol. The smallest absolute Gasteiger partial charge is 0.200 e. The lowest BCUT2D eigenvalue weighted by molar-refractivity contribution is -0.519. The zero-order valence-corrected chi connectivity index (χ0v) is 26.5. The Morgan fingerprint density at radius 2 is 1.32 bits per heavy atom. The summed E-state index contributed by atoms with van der Waals surface area (Å²) in [6, 6.07) is 33.4. The molecule has 0 saturated heterocycles. The van der Waals surface area contributed by atoms with Crippen molar-refractivity contribution in [3.05, 3.63) is 154 Å². The van der Waals surface area contributed by atoms with E-state index in [4.69, 9.17) is 4.74 Å². The van der Waals surface area contributed by atoms with Gasteiger partial charge in [0.05, 0.1) is 5.41 Å². The molecule has 4 aromatic rings. The first-order chi connectivity index (χ1) is 21.6. The van der Waals surface area contributed by atoms with Crippen LogP contribution in [0.1, 0.15) is 61.1 Å². The Balaban J connectivity index is 1.71. The molecule has 220 valence electrons. The van der Waals surface area contributed by atoms with Crippen molar-refractivity contribution in [2.24, 2.45) is 0 Å². The monoisotopic (exact) mass is 577 g/mol. The highest BCUT2D eigenvalue weighted by atomic mass is 16.5. The Morgan fingerprint density at radius 1 is 0.682 bits per heavy atom. The highest BCUT2D eigenvalue weighted by molar-refractivity contribution is 6.08. The highest BCUT2D eigenvalue weighted by Gasteiger charge is 2.52. The van der Waals surface area contributed by atoms with E-state index >= 15 is 0 Å². The molecule has 7 rings (SSSR count). The van der Waals surface area contributed by atoms with Crippen molar-refractivity contribution in [3.8, 4) is 11.5 Å². The Bertz CT molecular complexity index is 1850. The number of hydrogen-bond donors (Lipinski definition) is 0. The molecule has 1 heterocycles. The van der Waals surface area contributed by atoms with Crippen LogP contribution in [0.4, 0.5) is 5.69 Å². The second-order valence-electron chi connectivity index (χ2n) is 11.8. The molecule has 0 N–H and O–H groups in total. The SMILES string of the molecule is CCN(CC)c1ccc2c(c1)C1(C3=CC(=[N+](CC)CC)C=CC3=C2c2ccccc2C)c2ccccc2Oc2ccccc21. The van der Waals surface area contributed by atoms with Crippen LogP contribution in [0.25, 0.3) is 5.57 Å². The molecule has 3 heteroatoms. The average molecular weight is 578 g/mol. The Hall–Kier alpha value is -4.63. The molecule has 0 aromatic heterocycles.